The molecule has 0 bridgehead atoms. The van der Waals surface area contributed by atoms with Gasteiger partial charge in [-0.1, -0.05) is 30.0 Å². The number of likely N-dealkylation sites (N-methyl/N-ethyl adjacent to an activating group) is 1. The number of likely N-dealkylation sites (tertiary alicyclic amines) is 1. The second kappa shape index (κ2) is 8.76. The highest BCUT2D eigenvalue weighted by molar-refractivity contribution is 7.99. The summed E-state index contributed by atoms with van der Waals surface area (Å²) in [6, 6.07) is 9.67. The summed E-state index contributed by atoms with van der Waals surface area (Å²) in [5, 5.41) is 1.37. The van der Waals surface area contributed by atoms with Gasteiger partial charge in [0.1, 0.15) is 11.4 Å². The molecular weight excluding hydrogens is 428 g/mol. The Morgan fingerprint density at radius 2 is 1.97 bits per heavy atom. The van der Waals surface area contributed by atoms with E-state index in [9.17, 15) is 9.59 Å². The highest BCUT2D eigenvalue weighted by Crippen LogP contribution is 2.31. The molecule has 6 nitrogen and oxygen atoms in total. The third kappa shape index (κ3) is 4.04. The molecule has 2 aromatic heterocycles. The maximum Gasteiger partial charge on any atom is 0.267 e. The number of nitrogens with one attached hydrogen (secondary N) is 1. The van der Waals surface area contributed by atoms with Crippen LogP contribution in [0.15, 0.2) is 40.3 Å². The SMILES string of the molecule is C[NH+]1CCc2c(sc3nc(SCC(=O)N4CCCCC4)n(-c4ccccc4)c(=O)c23)C1. The summed E-state index contributed by atoms with van der Waals surface area (Å²) >= 11 is 3.03. The Morgan fingerprint density at radius 3 is 2.74 bits per heavy atom. The van der Waals surface area contributed by atoms with Crippen molar-refractivity contribution in [3.63, 3.8) is 0 Å². The quantitative estimate of drug-likeness (QED) is 0.484. The van der Waals surface area contributed by atoms with E-state index in [0.717, 1.165) is 61.3 Å². The number of benzene rings is 1. The molecule has 1 amide bonds. The molecular formula is C23H27N4O2S2+. The lowest BCUT2D eigenvalue weighted by Gasteiger charge is -2.26. The number of rotatable bonds is 4. The monoisotopic (exact) mass is 455 g/mol. The Hall–Kier alpha value is -2.16. The number of aromatic nitrogens is 2. The van der Waals surface area contributed by atoms with Gasteiger partial charge in [-0.3, -0.25) is 14.2 Å². The lowest BCUT2D eigenvalue weighted by molar-refractivity contribution is -0.895. The number of hydrogen-bond acceptors (Lipinski definition) is 5. The second-order valence-corrected chi connectivity index (χ2v) is 10.4. The number of thiophene rings is 1. The summed E-state index contributed by atoms with van der Waals surface area (Å²) in [7, 11) is 2.19. The molecule has 0 spiro atoms. The van der Waals surface area contributed by atoms with Crippen molar-refractivity contribution in [1.82, 2.24) is 14.5 Å². The Labute approximate surface area is 189 Å². The van der Waals surface area contributed by atoms with Crippen LogP contribution in [0, 0.1) is 0 Å². The molecule has 1 N–H and O–H groups in total. The summed E-state index contributed by atoms with van der Waals surface area (Å²) in [6.45, 7) is 3.65. The van der Waals surface area contributed by atoms with E-state index >= 15 is 0 Å². The van der Waals surface area contributed by atoms with Crippen LogP contribution in [0.25, 0.3) is 15.9 Å². The standard InChI is InChI=1S/C23H26N4O2S2/c1-25-13-10-17-18(14-25)31-21-20(17)22(29)27(16-8-4-2-5-9-16)23(24-21)30-15-19(28)26-11-6-3-7-12-26/h2,4-5,8-9H,3,6-7,10-15H2,1H3/p+1. The number of thioether (sulfide) groups is 1. The van der Waals surface area contributed by atoms with Gasteiger partial charge in [0.15, 0.2) is 5.16 Å². The molecule has 1 unspecified atom stereocenters. The van der Waals surface area contributed by atoms with E-state index in [2.05, 4.69) is 7.05 Å². The number of carbonyl (C=O) groups is 1. The first-order valence-corrected chi connectivity index (χ1v) is 12.8. The lowest BCUT2D eigenvalue weighted by atomic mass is 10.1. The van der Waals surface area contributed by atoms with E-state index in [0.29, 0.717) is 10.9 Å². The van der Waals surface area contributed by atoms with Gasteiger partial charge in [0.2, 0.25) is 5.91 Å². The fourth-order valence-electron chi connectivity index (χ4n) is 4.50. The number of quaternary nitrogens is 1. The van der Waals surface area contributed by atoms with Crippen LogP contribution >= 0.6 is 23.1 Å². The number of piperidine rings is 1. The molecule has 0 aliphatic carbocycles. The Bertz CT molecular complexity index is 1170. The fraction of sp³-hybridized carbons (Fsp3) is 0.435. The van der Waals surface area contributed by atoms with Crippen molar-refractivity contribution in [2.24, 2.45) is 0 Å². The van der Waals surface area contributed by atoms with Crippen LogP contribution in [0.2, 0.25) is 0 Å². The van der Waals surface area contributed by atoms with Gasteiger partial charge in [0.05, 0.1) is 35.3 Å². The lowest BCUT2D eigenvalue weighted by Crippen LogP contribution is -3.08. The first kappa shape index (κ1) is 20.7. The number of para-hydroxylation sites is 1. The predicted molar refractivity (Wildman–Crippen MR) is 126 cm³/mol. The highest BCUT2D eigenvalue weighted by atomic mass is 32.2. The summed E-state index contributed by atoms with van der Waals surface area (Å²) in [6.07, 6.45) is 4.26. The molecule has 5 rings (SSSR count). The summed E-state index contributed by atoms with van der Waals surface area (Å²) in [4.78, 5) is 36.9. The summed E-state index contributed by atoms with van der Waals surface area (Å²) in [5.74, 6) is 0.442. The molecule has 0 saturated carbocycles. The van der Waals surface area contributed by atoms with Crippen LogP contribution in [-0.2, 0) is 17.8 Å². The van der Waals surface area contributed by atoms with E-state index < -0.39 is 0 Å². The van der Waals surface area contributed by atoms with Crippen molar-refractivity contribution in [3.8, 4) is 5.69 Å². The fourth-order valence-corrected chi connectivity index (χ4v) is 6.79. The molecule has 1 atom stereocenters. The van der Waals surface area contributed by atoms with Gasteiger partial charge >= 0.3 is 0 Å². The zero-order valence-corrected chi connectivity index (χ0v) is 19.4. The first-order valence-electron chi connectivity index (χ1n) is 11.0. The van der Waals surface area contributed by atoms with Gasteiger partial charge in [-0.2, -0.15) is 0 Å². The van der Waals surface area contributed by atoms with E-state index in [1.165, 1.54) is 33.5 Å². The zero-order chi connectivity index (χ0) is 21.4. The minimum atomic E-state index is -0.0128. The average Bonchev–Trinajstić information content (AvgIpc) is 3.16. The van der Waals surface area contributed by atoms with Gasteiger partial charge in [-0.15, -0.1) is 11.3 Å². The largest absolute Gasteiger partial charge is 0.342 e. The van der Waals surface area contributed by atoms with Crippen molar-refractivity contribution in [2.75, 3.05) is 32.4 Å². The van der Waals surface area contributed by atoms with Crippen LogP contribution in [0.3, 0.4) is 0 Å². The first-order chi connectivity index (χ1) is 15.1. The van der Waals surface area contributed by atoms with Crippen LogP contribution < -0.4 is 10.5 Å². The van der Waals surface area contributed by atoms with E-state index in [-0.39, 0.29) is 11.5 Å². The molecule has 4 heterocycles. The van der Waals surface area contributed by atoms with Crippen LogP contribution in [0.1, 0.15) is 29.7 Å². The van der Waals surface area contributed by atoms with E-state index in [1.54, 1.807) is 15.9 Å². The third-order valence-electron chi connectivity index (χ3n) is 6.19. The number of amides is 1. The van der Waals surface area contributed by atoms with E-state index in [1.807, 2.05) is 35.2 Å². The minimum absolute atomic E-state index is 0.0128. The van der Waals surface area contributed by atoms with Crippen molar-refractivity contribution >= 4 is 39.2 Å². The molecule has 8 heteroatoms. The van der Waals surface area contributed by atoms with Crippen molar-refractivity contribution in [3.05, 3.63) is 51.1 Å². The normalized spacial score (nSPS) is 18.9. The number of nitrogens with zero attached hydrogens (tertiary/aromatic N) is 3. The number of fused-ring (bicyclic) bond motifs is 3. The third-order valence-corrected chi connectivity index (χ3v) is 8.24. The van der Waals surface area contributed by atoms with Gasteiger partial charge in [0, 0.05) is 19.5 Å². The average molecular weight is 456 g/mol. The van der Waals surface area contributed by atoms with Gasteiger partial charge < -0.3 is 9.80 Å². The number of hydrogen-bond donors (Lipinski definition) is 1. The molecule has 1 saturated heterocycles. The molecule has 2 aliphatic rings. The maximum atomic E-state index is 13.7. The van der Waals surface area contributed by atoms with Gasteiger partial charge in [-0.25, -0.2) is 4.98 Å². The molecule has 1 aromatic carbocycles. The topological polar surface area (TPSA) is 59.6 Å². The van der Waals surface area contributed by atoms with E-state index in [4.69, 9.17) is 4.98 Å². The second-order valence-electron chi connectivity index (χ2n) is 8.42. The smallest absolute Gasteiger partial charge is 0.267 e. The minimum Gasteiger partial charge on any atom is -0.342 e. The zero-order valence-electron chi connectivity index (χ0n) is 17.7. The Kier molecular flexibility index (Phi) is 5.86. The molecule has 2 aliphatic heterocycles. The molecule has 162 valence electrons. The van der Waals surface area contributed by atoms with Crippen molar-refractivity contribution in [2.45, 2.75) is 37.4 Å². The predicted octanol–water partition coefficient (Wildman–Crippen LogP) is 2.12. The van der Waals surface area contributed by atoms with Crippen LogP contribution in [0.5, 0.6) is 0 Å². The maximum absolute atomic E-state index is 13.7. The summed E-state index contributed by atoms with van der Waals surface area (Å²) < 4.78 is 1.70. The summed E-state index contributed by atoms with van der Waals surface area (Å²) in [5.41, 5.74) is 1.96. The Morgan fingerprint density at radius 1 is 1.19 bits per heavy atom. The van der Waals surface area contributed by atoms with Gasteiger partial charge in [0.25, 0.3) is 5.56 Å². The number of carbonyl (C=O) groups excluding carboxylic acids is 1. The molecule has 3 aromatic rings. The van der Waals surface area contributed by atoms with Crippen molar-refractivity contribution < 1.29 is 9.69 Å². The van der Waals surface area contributed by atoms with Crippen molar-refractivity contribution in [1.29, 1.82) is 0 Å². The van der Waals surface area contributed by atoms with Crippen LogP contribution in [0.4, 0.5) is 0 Å². The highest BCUT2D eigenvalue weighted by Gasteiger charge is 2.26. The molecule has 0 radical (unpaired) electrons. The van der Waals surface area contributed by atoms with Crippen LogP contribution in [-0.4, -0.2) is 52.8 Å². The van der Waals surface area contributed by atoms with Gasteiger partial charge in [-0.05, 0) is 37.0 Å². The molecule has 1 fully saturated rings. The molecule has 31 heavy (non-hydrogen) atoms. The Balaban J connectivity index is 1.56.